The molecule has 0 saturated carbocycles. The van der Waals surface area contributed by atoms with Crippen molar-refractivity contribution in [2.24, 2.45) is 5.92 Å². The molecule has 0 fully saturated rings. The first-order chi connectivity index (χ1) is 13.3. The van der Waals surface area contributed by atoms with Gasteiger partial charge in [-0.3, -0.25) is 9.59 Å². The van der Waals surface area contributed by atoms with Gasteiger partial charge in [0.25, 0.3) is 0 Å². The highest BCUT2D eigenvalue weighted by atomic mass is 35.5. The zero-order valence-electron chi connectivity index (χ0n) is 16.4. The summed E-state index contributed by atoms with van der Waals surface area (Å²) in [5, 5.41) is 3.45. The molecule has 0 unspecified atom stereocenters. The molecular formula is C22H26ClFN2O2. The third-order valence-corrected chi connectivity index (χ3v) is 4.60. The van der Waals surface area contributed by atoms with Crippen LogP contribution in [-0.4, -0.2) is 29.3 Å². The molecule has 0 aliphatic heterocycles. The third kappa shape index (κ3) is 6.64. The fraction of sp³-hybridized carbons (Fsp3) is 0.364. The number of hydrogen-bond acceptors (Lipinski definition) is 2. The van der Waals surface area contributed by atoms with Gasteiger partial charge in [-0.1, -0.05) is 49.7 Å². The number of nitrogens with one attached hydrogen (secondary N) is 1. The van der Waals surface area contributed by atoms with Crippen molar-refractivity contribution in [1.82, 2.24) is 10.2 Å². The van der Waals surface area contributed by atoms with Gasteiger partial charge in [-0.05, 0) is 48.2 Å². The first kappa shape index (κ1) is 21.9. The average Bonchev–Trinajstić information content (AvgIpc) is 2.65. The molecule has 2 aromatic carbocycles. The molecule has 0 radical (unpaired) electrons. The summed E-state index contributed by atoms with van der Waals surface area (Å²) in [4.78, 5) is 27.1. The number of carbonyl (C=O) groups is 2. The number of rotatable bonds is 8. The van der Waals surface area contributed by atoms with Crippen LogP contribution in [0.2, 0.25) is 5.02 Å². The quantitative estimate of drug-likeness (QED) is 0.716. The lowest BCUT2D eigenvalue weighted by atomic mass is 10.1. The van der Waals surface area contributed by atoms with Crippen molar-refractivity contribution in [2.45, 2.75) is 39.8 Å². The summed E-state index contributed by atoms with van der Waals surface area (Å²) in [5.41, 5.74) is 1.53. The van der Waals surface area contributed by atoms with Gasteiger partial charge in [-0.2, -0.15) is 0 Å². The highest BCUT2D eigenvalue weighted by Crippen LogP contribution is 2.16. The van der Waals surface area contributed by atoms with Gasteiger partial charge in [0.1, 0.15) is 11.9 Å². The van der Waals surface area contributed by atoms with E-state index in [1.54, 1.807) is 31.2 Å². The van der Waals surface area contributed by atoms with Crippen molar-refractivity contribution in [3.05, 3.63) is 70.5 Å². The van der Waals surface area contributed by atoms with Crippen molar-refractivity contribution in [2.75, 3.05) is 6.54 Å². The van der Waals surface area contributed by atoms with Gasteiger partial charge < -0.3 is 10.2 Å². The molecule has 1 atom stereocenters. The first-order valence-corrected chi connectivity index (χ1v) is 9.70. The Kier molecular flexibility index (Phi) is 8.00. The molecule has 0 aliphatic rings. The molecule has 4 nitrogen and oxygen atoms in total. The number of benzene rings is 2. The molecule has 1 N–H and O–H groups in total. The minimum atomic E-state index is -0.648. The van der Waals surface area contributed by atoms with E-state index in [-0.39, 0.29) is 30.6 Å². The Morgan fingerprint density at radius 2 is 1.75 bits per heavy atom. The highest BCUT2D eigenvalue weighted by molar-refractivity contribution is 6.30. The third-order valence-electron chi connectivity index (χ3n) is 4.36. The maximum absolute atomic E-state index is 13.1. The molecule has 2 rings (SSSR count). The van der Waals surface area contributed by atoms with Gasteiger partial charge in [0.05, 0.1) is 6.42 Å². The zero-order chi connectivity index (χ0) is 20.7. The summed E-state index contributed by atoms with van der Waals surface area (Å²) in [5.74, 6) is -0.456. The van der Waals surface area contributed by atoms with Crippen molar-refractivity contribution < 1.29 is 14.0 Å². The monoisotopic (exact) mass is 404 g/mol. The molecule has 0 heterocycles. The largest absolute Gasteiger partial charge is 0.354 e. The Hall–Kier alpha value is -2.40. The maximum Gasteiger partial charge on any atom is 0.242 e. The summed E-state index contributed by atoms with van der Waals surface area (Å²) in [6.45, 7) is 6.53. The Labute approximate surface area is 170 Å². The molecule has 2 aromatic rings. The van der Waals surface area contributed by atoms with E-state index in [9.17, 15) is 14.0 Å². The summed E-state index contributed by atoms with van der Waals surface area (Å²) in [7, 11) is 0. The van der Waals surface area contributed by atoms with E-state index in [0.29, 0.717) is 23.0 Å². The maximum atomic E-state index is 13.1. The van der Waals surface area contributed by atoms with E-state index < -0.39 is 6.04 Å². The summed E-state index contributed by atoms with van der Waals surface area (Å²) in [6.07, 6.45) is 0.0860. The van der Waals surface area contributed by atoms with Crippen LogP contribution in [-0.2, 0) is 22.6 Å². The number of amides is 2. The minimum absolute atomic E-state index is 0.0860. The number of hydrogen-bond donors (Lipinski definition) is 1. The molecule has 2 amide bonds. The SMILES string of the molecule is CC(C)CNC(=O)[C@@H](C)N(Cc1cccc(Cl)c1)C(=O)Cc1ccc(F)cc1. The Morgan fingerprint density at radius 3 is 2.36 bits per heavy atom. The van der Waals surface area contributed by atoms with Gasteiger partial charge in [-0.25, -0.2) is 4.39 Å². The molecule has 150 valence electrons. The fourth-order valence-electron chi connectivity index (χ4n) is 2.75. The molecular weight excluding hydrogens is 379 g/mol. The van der Waals surface area contributed by atoms with Gasteiger partial charge in [0.15, 0.2) is 0 Å². The molecule has 0 spiro atoms. The first-order valence-electron chi connectivity index (χ1n) is 9.32. The van der Waals surface area contributed by atoms with E-state index >= 15 is 0 Å². The van der Waals surface area contributed by atoms with Crippen molar-refractivity contribution in [3.8, 4) is 0 Å². The summed E-state index contributed by atoms with van der Waals surface area (Å²) >= 11 is 6.06. The predicted octanol–water partition coefficient (Wildman–Crippen LogP) is 4.21. The van der Waals surface area contributed by atoms with E-state index in [1.165, 1.54) is 17.0 Å². The van der Waals surface area contributed by atoms with Crippen LogP contribution in [0, 0.1) is 11.7 Å². The van der Waals surface area contributed by atoms with Crippen LogP contribution in [0.15, 0.2) is 48.5 Å². The van der Waals surface area contributed by atoms with E-state index in [4.69, 9.17) is 11.6 Å². The standard InChI is InChI=1S/C22H26ClFN2O2/c1-15(2)13-25-22(28)16(3)26(14-18-5-4-6-19(23)11-18)21(27)12-17-7-9-20(24)10-8-17/h4-11,15-16H,12-14H2,1-3H3,(H,25,28)/t16-/m1/s1. The molecule has 0 aromatic heterocycles. The predicted molar refractivity (Wildman–Crippen MR) is 109 cm³/mol. The Balaban J connectivity index is 2.19. The number of halogens is 2. The Morgan fingerprint density at radius 1 is 1.07 bits per heavy atom. The van der Waals surface area contributed by atoms with Crippen LogP contribution in [0.5, 0.6) is 0 Å². The topological polar surface area (TPSA) is 49.4 Å². The minimum Gasteiger partial charge on any atom is -0.354 e. The van der Waals surface area contributed by atoms with Crippen LogP contribution >= 0.6 is 11.6 Å². The van der Waals surface area contributed by atoms with E-state index in [0.717, 1.165) is 5.56 Å². The average molecular weight is 405 g/mol. The molecule has 6 heteroatoms. The van der Waals surface area contributed by atoms with Crippen molar-refractivity contribution >= 4 is 23.4 Å². The zero-order valence-corrected chi connectivity index (χ0v) is 17.2. The lowest BCUT2D eigenvalue weighted by Crippen LogP contribution is -2.48. The lowest BCUT2D eigenvalue weighted by Gasteiger charge is -2.29. The molecule has 0 saturated heterocycles. The molecule has 28 heavy (non-hydrogen) atoms. The summed E-state index contributed by atoms with van der Waals surface area (Å²) < 4.78 is 13.1. The smallest absolute Gasteiger partial charge is 0.242 e. The number of carbonyl (C=O) groups excluding carboxylic acids is 2. The molecule has 0 bridgehead atoms. The van der Waals surface area contributed by atoms with Crippen molar-refractivity contribution in [1.29, 1.82) is 0 Å². The van der Waals surface area contributed by atoms with Crippen LogP contribution in [0.4, 0.5) is 4.39 Å². The van der Waals surface area contributed by atoms with E-state index in [2.05, 4.69) is 5.32 Å². The Bertz CT molecular complexity index is 808. The van der Waals surface area contributed by atoms with Crippen molar-refractivity contribution in [3.63, 3.8) is 0 Å². The fourth-order valence-corrected chi connectivity index (χ4v) is 2.96. The highest BCUT2D eigenvalue weighted by Gasteiger charge is 2.26. The normalized spacial score (nSPS) is 11.9. The second-order valence-corrected chi connectivity index (χ2v) is 7.71. The molecule has 0 aliphatic carbocycles. The lowest BCUT2D eigenvalue weighted by molar-refractivity contribution is -0.140. The van der Waals surface area contributed by atoms with Crippen LogP contribution in [0.1, 0.15) is 31.9 Å². The van der Waals surface area contributed by atoms with Crippen LogP contribution in [0.25, 0.3) is 0 Å². The van der Waals surface area contributed by atoms with Gasteiger partial charge in [0, 0.05) is 18.1 Å². The summed E-state index contributed by atoms with van der Waals surface area (Å²) in [6, 6.07) is 12.4. The van der Waals surface area contributed by atoms with E-state index in [1.807, 2.05) is 26.0 Å². The number of nitrogens with zero attached hydrogens (tertiary/aromatic N) is 1. The van der Waals surface area contributed by atoms with Crippen LogP contribution in [0.3, 0.4) is 0 Å². The van der Waals surface area contributed by atoms with Gasteiger partial charge in [0.2, 0.25) is 11.8 Å². The second kappa shape index (κ2) is 10.2. The van der Waals surface area contributed by atoms with Gasteiger partial charge >= 0.3 is 0 Å². The second-order valence-electron chi connectivity index (χ2n) is 7.27. The van der Waals surface area contributed by atoms with Gasteiger partial charge in [-0.15, -0.1) is 0 Å². The van der Waals surface area contributed by atoms with Crippen LogP contribution < -0.4 is 5.32 Å².